The van der Waals surface area contributed by atoms with Gasteiger partial charge in [-0.1, -0.05) is 0 Å². The highest BCUT2D eigenvalue weighted by molar-refractivity contribution is 9.10. The summed E-state index contributed by atoms with van der Waals surface area (Å²) >= 11 is 3.12. The van der Waals surface area contributed by atoms with Crippen LogP contribution in [-0.2, 0) is 0 Å². The normalized spacial score (nSPS) is 10.9. The minimum atomic E-state index is -0.335. The Balaban J connectivity index is 2.02. The maximum atomic E-state index is 13.2. The number of rotatable bonds is 2. The molecule has 0 unspecified atom stereocenters. The van der Waals surface area contributed by atoms with Crippen LogP contribution in [0, 0.1) is 12.7 Å². The molecule has 2 heterocycles. The van der Waals surface area contributed by atoms with Crippen molar-refractivity contribution in [3.8, 4) is 11.6 Å². The molecule has 0 N–H and O–H groups in total. The Kier molecular flexibility index (Phi) is 2.94. The number of hydrogen-bond donors (Lipinski definition) is 0. The molecule has 2 aromatic heterocycles. The third-order valence-electron chi connectivity index (χ3n) is 2.58. The van der Waals surface area contributed by atoms with Crippen LogP contribution in [0.1, 0.15) is 5.69 Å². The maximum Gasteiger partial charge on any atom is 0.245 e. The molecular weight excluding hydrogens is 313 g/mol. The third kappa shape index (κ3) is 2.31. The van der Waals surface area contributed by atoms with Crippen LogP contribution in [0.4, 0.5) is 4.39 Å². The van der Waals surface area contributed by atoms with E-state index >= 15 is 0 Å². The number of aromatic nitrogens is 3. The van der Waals surface area contributed by atoms with Crippen molar-refractivity contribution in [2.24, 2.45) is 0 Å². The fourth-order valence-electron chi connectivity index (χ4n) is 1.75. The Bertz CT molecular complexity index is 757. The van der Waals surface area contributed by atoms with Crippen LogP contribution in [0.2, 0.25) is 0 Å². The van der Waals surface area contributed by atoms with Crippen LogP contribution in [0.15, 0.2) is 41.1 Å². The monoisotopic (exact) mass is 321 g/mol. The molecule has 3 aromatic rings. The highest BCUT2D eigenvalue weighted by atomic mass is 79.9. The van der Waals surface area contributed by atoms with Gasteiger partial charge in [-0.3, -0.25) is 0 Å². The SMILES string of the molecule is Cc1cc2c(Oc3ccc(F)c(Br)c3)nccn2n1. The van der Waals surface area contributed by atoms with E-state index in [0.29, 0.717) is 16.1 Å². The molecule has 0 aliphatic carbocycles. The summed E-state index contributed by atoms with van der Waals surface area (Å²) in [5, 5.41) is 4.27. The van der Waals surface area contributed by atoms with Gasteiger partial charge in [0, 0.05) is 12.4 Å². The minimum absolute atomic E-state index is 0.335. The van der Waals surface area contributed by atoms with Gasteiger partial charge in [0.2, 0.25) is 5.88 Å². The van der Waals surface area contributed by atoms with Crippen molar-refractivity contribution in [1.29, 1.82) is 0 Å². The highest BCUT2D eigenvalue weighted by Gasteiger charge is 2.09. The fourth-order valence-corrected chi connectivity index (χ4v) is 2.11. The number of nitrogens with zero attached hydrogens (tertiary/aromatic N) is 3. The van der Waals surface area contributed by atoms with Crippen LogP contribution < -0.4 is 4.74 Å². The molecule has 0 spiro atoms. The lowest BCUT2D eigenvalue weighted by molar-refractivity contribution is 0.463. The lowest BCUT2D eigenvalue weighted by Gasteiger charge is -2.06. The van der Waals surface area contributed by atoms with Crippen LogP contribution in [0.3, 0.4) is 0 Å². The van der Waals surface area contributed by atoms with Crippen LogP contribution >= 0.6 is 15.9 Å². The molecule has 0 aliphatic heterocycles. The highest BCUT2D eigenvalue weighted by Crippen LogP contribution is 2.27. The topological polar surface area (TPSA) is 39.4 Å². The Morgan fingerprint density at radius 3 is 2.95 bits per heavy atom. The van der Waals surface area contributed by atoms with Gasteiger partial charge >= 0.3 is 0 Å². The first-order chi connectivity index (χ1) is 9.13. The molecular formula is C13H9BrFN3O. The fraction of sp³-hybridized carbons (Fsp3) is 0.0769. The zero-order chi connectivity index (χ0) is 13.4. The Morgan fingerprint density at radius 2 is 2.16 bits per heavy atom. The molecule has 0 fully saturated rings. The van der Waals surface area contributed by atoms with Crippen LogP contribution in [0.25, 0.3) is 5.52 Å². The van der Waals surface area contributed by atoms with Crippen molar-refractivity contribution >= 4 is 21.4 Å². The zero-order valence-corrected chi connectivity index (χ0v) is 11.6. The van der Waals surface area contributed by atoms with Gasteiger partial charge in [-0.2, -0.15) is 5.10 Å². The molecule has 3 rings (SSSR count). The molecule has 0 bridgehead atoms. The van der Waals surface area contributed by atoms with Crippen LogP contribution in [-0.4, -0.2) is 14.6 Å². The molecule has 0 saturated heterocycles. The average Bonchev–Trinajstić information content (AvgIpc) is 2.75. The Hall–Kier alpha value is -1.95. The van der Waals surface area contributed by atoms with Crippen molar-refractivity contribution in [2.45, 2.75) is 6.92 Å². The van der Waals surface area contributed by atoms with Gasteiger partial charge in [0.15, 0.2) is 0 Å². The largest absolute Gasteiger partial charge is 0.437 e. The minimum Gasteiger partial charge on any atom is -0.437 e. The standard InChI is InChI=1S/C13H9BrFN3O/c1-8-6-12-13(16-4-5-18(12)17-8)19-9-2-3-11(15)10(14)7-9/h2-7H,1H3. The smallest absolute Gasteiger partial charge is 0.245 e. The molecule has 96 valence electrons. The Labute approximate surface area is 117 Å². The quantitative estimate of drug-likeness (QED) is 0.722. The van der Waals surface area contributed by atoms with E-state index in [0.717, 1.165) is 11.2 Å². The molecule has 4 nitrogen and oxygen atoms in total. The van der Waals surface area contributed by atoms with Gasteiger partial charge in [0.05, 0.1) is 10.2 Å². The van der Waals surface area contributed by atoms with E-state index in [1.54, 1.807) is 29.0 Å². The maximum absolute atomic E-state index is 13.2. The predicted molar refractivity (Wildman–Crippen MR) is 71.9 cm³/mol. The molecule has 6 heteroatoms. The van der Waals surface area contributed by atoms with Gasteiger partial charge in [0.25, 0.3) is 0 Å². The first kappa shape index (κ1) is 12.1. The predicted octanol–water partition coefficient (Wildman–Crippen LogP) is 3.73. The van der Waals surface area contributed by atoms with E-state index < -0.39 is 0 Å². The van der Waals surface area contributed by atoms with E-state index in [4.69, 9.17) is 4.74 Å². The second-order valence-corrected chi connectivity index (χ2v) is 4.88. The van der Waals surface area contributed by atoms with E-state index in [2.05, 4.69) is 26.0 Å². The second kappa shape index (κ2) is 4.62. The zero-order valence-electron chi connectivity index (χ0n) is 9.97. The first-order valence-corrected chi connectivity index (χ1v) is 6.37. The van der Waals surface area contributed by atoms with Crippen molar-refractivity contribution < 1.29 is 9.13 Å². The molecule has 19 heavy (non-hydrogen) atoms. The second-order valence-electron chi connectivity index (χ2n) is 4.03. The van der Waals surface area contributed by atoms with Crippen molar-refractivity contribution in [3.63, 3.8) is 0 Å². The lowest BCUT2D eigenvalue weighted by Crippen LogP contribution is -1.94. The molecule has 0 atom stereocenters. The summed E-state index contributed by atoms with van der Waals surface area (Å²) in [6.07, 6.45) is 3.35. The average molecular weight is 322 g/mol. The number of hydrogen-bond acceptors (Lipinski definition) is 3. The van der Waals surface area contributed by atoms with E-state index in [9.17, 15) is 4.39 Å². The number of halogens is 2. The number of ether oxygens (including phenoxy) is 1. The summed E-state index contributed by atoms with van der Waals surface area (Å²) in [7, 11) is 0. The summed E-state index contributed by atoms with van der Waals surface area (Å²) in [6.45, 7) is 1.89. The van der Waals surface area contributed by atoms with Gasteiger partial charge in [0.1, 0.15) is 17.1 Å². The number of fused-ring (bicyclic) bond motifs is 1. The van der Waals surface area contributed by atoms with Gasteiger partial charge in [-0.05, 0) is 47.1 Å². The van der Waals surface area contributed by atoms with E-state index in [1.165, 1.54) is 6.07 Å². The first-order valence-electron chi connectivity index (χ1n) is 5.57. The molecule has 1 aromatic carbocycles. The summed E-state index contributed by atoms with van der Waals surface area (Å²) < 4.78 is 20.9. The summed E-state index contributed by atoms with van der Waals surface area (Å²) in [5.41, 5.74) is 1.64. The van der Waals surface area contributed by atoms with Crippen LogP contribution in [0.5, 0.6) is 11.6 Å². The molecule has 0 saturated carbocycles. The van der Waals surface area contributed by atoms with Crippen molar-refractivity contribution in [2.75, 3.05) is 0 Å². The van der Waals surface area contributed by atoms with E-state index in [1.807, 2.05) is 13.0 Å². The lowest BCUT2D eigenvalue weighted by atomic mass is 10.3. The van der Waals surface area contributed by atoms with Gasteiger partial charge < -0.3 is 4.74 Å². The van der Waals surface area contributed by atoms with Gasteiger partial charge in [-0.25, -0.2) is 13.9 Å². The molecule has 0 amide bonds. The molecule has 0 radical (unpaired) electrons. The van der Waals surface area contributed by atoms with Gasteiger partial charge in [-0.15, -0.1) is 0 Å². The summed E-state index contributed by atoms with van der Waals surface area (Å²) in [4.78, 5) is 4.18. The number of aryl methyl sites for hydroxylation is 1. The number of benzene rings is 1. The summed E-state index contributed by atoms with van der Waals surface area (Å²) in [5.74, 6) is 0.605. The van der Waals surface area contributed by atoms with E-state index in [-0.39, 0.29) is 5.82 Å². The Morgan fingerprint density at radius 1 is 1.32 bits per heavy atom. The van der Waals surface area contributed by atoms with Crippen molar-refractivity contribution in [3.05, 3.63) is 52.6 Å². The molecule has 0 aliphatic rings. The third-order valence-corrected chi connectivity index (χ3v) is 3.19. The van der Waals surface area contributed by atoms with Crippen molar-refractivity contribution in [1.82, 2.24) is 14.6 Å². The summed E-state index contributed by atoms with van der Waals surface area (Å²) in [6, 6.07) is 6.32.